The van der Waals surface area contributed by atoms with Gasteiger partial charge in [0.15, 0.2) is 17.3 Å². The summed E-state index contributed by atoms with van der Waals surface area (Å²) in [6.45, 7) is 13.1. The number of benzene rings is 1. The van der Waals surface area contributed by atoms with Crippen LogP contribution >= 0.6 is 11.8 Å². The molecule has 0 N–H and O–H groups in total. The lowest BCUT2D eigenvalue weighted by atomic mass is 9.94. The van der Waals surface area contributed by atoms with Crippen LogP contribution in [0.25, 0.3) is 0 Å². The van der Waals surface area contributed by atoms with E-state index in [0.29, 0.717) is 0 Å². The third-order valence-electron chi connectivity index (χ3n) is 5.44. The zero-order valence-corrected chi connectivity index (χ0v) is 19.6. The number of ether oxygens (including phenoxy) is 2. The molecule has 0 saturated carbocycles. The van der Waals surface area contributed by atoms with Gasteiger partial charge in [-0.2, -0.15) is 0 Å². The summed E-state index contributed by atoms with van der Waals surface area (Å²) in [5, 5.41) is 0.775. The first kappa shape index (κ1) is 20.3. The van der Waals surface area contributed by atoms with E-state index >= 15 is 0 Å². The number of rotatable bonds is 2. The molecule has 2 aliphatic rings. The Bertz CT molecular complexity index is 1170. The normalized spacial score (nSPS) is 18.1. The molecule has 0 amide bonds. The van der Waals surface area contributed by atoms with Crippen molar-refractivity contribution in [2.75, 3.05) is 6.79 Å². The van der Waals surface area contributed by atoms with Gasteiger partial charge in [-0.15, -0.1) is 0 Å². The SMILES string of the molecule is CC(C)(C)c1ccc(C2=Nc3cc4c(cc3C(c3ccc(C(C)(C)C)o3)S2)OCO4)o1. The lowest BCUT2D eigenvalue weighted by molar-refractivity contribution is 0.174. The average molecular weight is 438 g/mol. The maximum atomic E-state index is 6.33. The lowest BCUT2D eigenvalue weighted by Gasteiger charge is -2.23. The number of fused-ring (bicyclic) bond motifs is 2. The topological polar surface area (TPSA) is 57.1 Å². The predicted octanol–water partition coefficient (Wildman–Crippen LogP) is 7.11. The Hall–Kier alpha value is -2.60. The highest BCUT2D eigenvalue weighted by molar-refractivity contribution is 8.14. The number of furan rings is 2. The number of nitrogens with zero attached hydrogens (tertiary/aromatic N) is 1. The molecule has 31 heavy (non-hydrogen) atoms. The molecular weight excluding hydrogens is 410 g/mol. The van der Waals surface area contributed by atoms with Gasteiger partial charge >= 0.3 is 0 Å². The minimum Gasteiger partial charge on any atom is -0.464 e. The van der Waals surface area contributed by atoms with Crippen LogP contribution in [0.15, 0.2) is 50.2 Å². The van der Waals surface area contributed by atoms with Crippen molar-refractivity contribution in [3.8, 4) is 11.5 Å². The van der Waals surface area contributed by atoms with Crippen molar-refractivity contribution in [3.63, 3.8) is 0 Å². The first-order chi connectivity index (χ1) is 14.6. The minimum atomic E-state index is -0.0654. The summed E-state index contributed by atoms with van der Waals surface area (Å²) in [5.74, 6) is 5.03. The van der Waals surface area contributed by atoms with Gasteiger partial charge in [0.25, 0.3) is 0 Å². The number of thioether (sulfide) groups is 1. The maximum absolute atomic E-state index is 6.33. The van der Waals surface area contributed by atoms with E-state index in [-0.39, 0.29) is 22.9 Å². The highest BCUT2D eigenvalue weighted by Crippen LogP contribution is 2.51. The molecular formula is C25H27NO4S. The van der Waals surface area contributed by atoms with E-state index in [1.807, 2.05) is 24.3 Å². The van der Waals surface area contributed by atoms with E-state index in [9.17, 15) is 0 Å². The summed E-state index contributed by atoms with van der Waals surface area (Å²) >= 11 is 1.64. The average Bonchev–Trinajstić information content (AvgIpc) is 3.44. The van der Waals surface area contributed by atoms with Crippen LogP contribution in [0.3, 0.4) is 0 Å². The fraction of sp³-hybridized carbons (Fsp3) is 0.400. The Morgan fingerprint density at radius 3 is 2.13 bits per heavy atom. The molecule has 4 heterocycles. The molecule has 5 rings (SSSR count). The first-order valence-electron chi connectivity index (χ1n) is 10.5. The summed E-state index contributed by atoms with van der Waals surface area (Å²) in [5.41, 5.74) is 1.78. The molecule has 1 atom stereocenters. The van der Waals surface area contributed by atoms with E-state index in [1.54, 1.807) is 11.8 Å². The number of hydrogen-bond acceptors (Lipinski definition) is 6. The van der Waals surface area contributed by atoms with Gasteiger partial charge in [-0.25, -0.2) is 4.99 Å². The Morgan fingerprint density at radius 2 is 1.48 bits per heavy atom. The van der Waals surface area contributed by atoms with Crippen LogP contribution in [-0.4, -0.2) is 11.8 Å². The molecule has 0 fully saturated rings. The third kappa shape index (κ3) is 3.67. The molecule has 5 nitrogen and oxygen atoms in total. The highest BCUT2D eigenvalue weighted by atomic mass is 32.2. The summed E-state index contributed by atoms with van der Waals surface area (Å²) < 4.78 is 23.8. The Balaban J connectivity index is 1.61. The standard InChI is InChI=1S/C25H27NO4S/c1-24(2,3)20-9-7-16(29-20)22-14-11-18-19(28-13-27-18)12-15(14)26-23(31-22)17-8-10-21(30-17)25(4,5)6/h7-12,22H,13H2,1-6H3. The zero-order chi connectivity index (χ0) is 22.0. The molecule has 3 aromatic rings. The molecule has 2 aliphatic heterocycles. The Morgan fingerprint density at radius 1 is 0.839 bits per heavy atom. The molecule has 1 unspecified atom stereocenters. The van der Waals surface area contributed by atoms with E-state index in [4.69, 9.17) is 23.3 Å². The van der Waals surface area contributed by atoms with Gasteiger partial charge in [-0.3, -0.25) is 0 Å². The predicted molar refractivity (Wildman–Crippen MR) is 123 cm³/mol. The van der Waals surface area contributed by atoms with E-state index in [1.165, 1.54) is 0 Å². The molecule has 2 aromatic heterocycles. The van der Waals surface area contributed by atoms with Crippen molar-refractivity contribution in [1.29, 1.82) is 0 Å². The van der Waals surface area contributed by atoms with Crippen LogP contribution in [0.1, 0.15) is 75.4 Å². The van der Waals surface area contributed by atoms with Crippen LogP contribution in [0.5, 0.6) is 11.5 Å². The summed E-state index contributed by atoms with van der Waals surface area (Å²) in [4.78, 5) is 4.93. The van der Waals surface area contributed by atoms with Crippen LogP contribution in [0, 0.1) is 0 Å². The largest absolute Gasteiger partial charge is 0.464 e. The summed E-state index contributed by atoms with van der Waals surface area (Å²) in [6, 6.07) is 12.2. The van der Waals surface area contributed by atoms with Crippen molar-refractivity contribution in [1.82, 2.24) is 0 Å². The molecule has 0 radical (unpaired) electrons. The second-order valence-corrected chi connectivity index (χ2v) is 11.1. The summed E-state index contributed by atoms with van der Waals surface area (Å²) in [6.07, 6.45) is 0. The number of hydrogen-bond donors (Lipinski definition) is 0. The fourth-order valence-electron chi connectivity index (χ4n) is 3.64. The van der Waals surface area contributed by atoms with Gasteiger partial charge in [0, 0.05) is 22.5 Å². The number of aliphatic imine (C=N–C) groups is 1. The summed E-state index contributed by atoms with van der Waals surface area (Å²) in [7, 11) is 0. The van der Waals surface area contributed by atoms with Crippen molar-refractivity contribution in [2.45, 2.75) is 57.6 Å². The van der Waals surface area contributed by atoms with Crippen LogP contribution < -0.4 is 9.47 Å². The molecule has 6 heteroatoms. The van der Waals surface area contributed by atoms with Crippen LogP contribution in [-0.2, 0) is 10.8 Å². The molecule has 0 bridgehead atoms. The molecule has 0 spiro atoms. The van der Waals surface area contributed by atoms with Crippen molar-refractivity contribution >= 4 is 22.5 Å². The van der Waals surface area contributed by atoms with Gasteiger partial charge in [-0.05, 0) is 30.3 Å². The van der Waals surface area contributed by atoms with Crippen molar-refractivity contribution in [3.05, 3.63) is 65.0 Å². The molecule has 0 saturated heterocycles. The fourth-order valence-corrected chi connectivity index (χ4v) is 4.80. The maximum Gasteiger partial charge on any atom is 0.231 e. The van der Waals surface area contributed by atoms with Gasteiger partial charge in [0.1, 0.15) is 22.3 Å². The zero-order valence-electron chi connectivity index (χ0n) is 18.7. The van der Waals surface area contributed by atoms with Crippen LogP contribution in [0.2, 0.25) is 0 Å². The highest BCUT2D eigenvalue weighted by Gasteiger charge is 2.33. The quantitative estimate of drug-likeness (QED) is 0.427. The van der Waals surface area contributed by atoms with Crippen LogP contribution in [0.4, 0.5) is 5.69 Å². The second-order valence-electron chi connectivity index (χ2n) is 10.0. The van der Waals surface area contributed by atoms with E-state index in [2.05, 4.69) is 53.7 Å². The molecule has 162 valence electrons. The lowest BCUT2D eigenvalue weighted by Crippen LogP contribution is -2.11. The van der Waals surface area contributed by atoms with Crippen molar-refractivity contribution < 1.29 is 18.3 Å². The smallest absolute Gasteiger partial charge is 0.231 e. The van der Waals surface area contributed by atoms with E-state index < -0.39 is 0 Å². The van der Waals surface area contributed by atoms with E-state index in [0.717, 1.165) is 50.8 Å². The van der Waals surface area contributed by atoms with Gasteiger partial charge in [-0.1, -0.05) is 53.3 Å². The minimum absolute atomic E-state index is 0.0590. The third-order valence-corrected chi connectivity index (χ3v) is 6.67. The van der Waals surface area contributed by atoms with Gasteiger partial charge in [0.05, 0.1) is 10.9 Å². The Labute approximate surface area is 186 Å². The molecule has 0 aliphatic carbocycles. The Kier molecular flexibility index (Phi) is 4.56. The monoisotopic (exact) mass is 437 g/mol. The van der Waals surface area contributed by atoms with Gasteiger partial charge < -0.3 is 18.3 Å². The second kappa shape index (κ2) is 6.95. The molecule has 1 aromatic carbocycles. The first-order valence-corrected chi connectivity index (χ1v) is 11.4. The van der Waals surface area contributed by atoms with Crippen molar-refractivity contribution in [2.24, 2.45) is 4.99 Å². The van der Waals surface area contributed by atoms with Gasteiger partial charge in [0.2, 0.25) is 6.79 Å².